The second-order valence-electron chi connectivity index (χ2n) is 4.00. The molecule has 0 radical (unpaired) electrons. The number of amides is 1. The highest BCUT2D eigenvalue weighted by Crippen LogP contribution is 2.10. The van der Waals surface area contributed by atoms with Crippen molar-refractivity contribution in [2.45, 2.75) is 6.42 Å². The van der Waals surface area contributed by atoms with Crippen LogP contribution >= 0.6 is 11.3 Å². The van der Waals surface area contributed by atoms with E-state index < -0.39 is 0 Å². The van der Waals surface area contributed by atoms with Crippen molar-refractivity contribution in [1.29, 1.82) is 0 Å². The molecule has 94 valence electrons. The number of rotatable bonds is 4. The number of hydrogen-bond donors (Lipinski definition) is 1. The van der Waals surface area contributed by atoms with Gasteiger partial charge in [0.2, 0.25) is 0 Å². The maximum Gasteiger partial charge on any atom is 0.272 e. The maximum atomic E-state index is 12.1. The number of pyridine rings is 1. The Morgan fingerprint density at radius 3 is 2.89 bits per heavy atom. The number of hydrogen-bond acceptors (Lipinski definition) is 4. The summed E-state index contributed by atoms with van der Waals surface area (Å²) in [5, 5.41) is 2.04. The van der Waals surface area contributed by atoms with Crippen molar-refractivity contribution in [3.8, 4) is 0 Å². The number of nitrogens with zero attached hydrogens (tertiary/aromatic N) is 2. The molecule has 0 atom stereocenters. The highest BCUT2D eigenvalue weighted by Gasteiger charge is 2.13. The molecular formula is C13H15N3OS. The van der Waals surface area contributed by atoms with Crippen LogP contribution in [0.5, 0.6) is 0 Å². The van der Waals surface area contributed by atoms with Crippen LogP contribution in [0.15, 0.2) is 35.7 Å². The number of aromatic nitrogens is 1. The largest absolute Gasteiger partial charge is 0.384 e. The van der Waals surface area contributed by atoms with Gasteiger partial charge in [0.25, 0.3) is 5.91 Å². The first-order valence-electron chi connectivity index (χ1n) is 5.67. The van der Waals surface area contributed by atoms with Gasteiger partial charge < -0.3 is 10.6 Å². The summed E-state index contributed by atoms with van der Waals surface area (Å²) in [6.45, 7) is 0.676. The van der Waals surface area contributed by atoms with E-state index in [1.165, 1.54) is 4.88 Å². The quantitative estimate of drug-likeness (QED) is 0.916. The Labute approximate surface area is 110 Å². The average Bonchev–Trinajstić information content (AvgIpc) is 2.88. The third-order valence-corrected chi connectivity index (χ3v) is 3.55. The zero-order valence-electron chi connectivity index (χ0n) is 10.2. The number of likely N-dealkylation sites (N-methyl/N-ethyl adjacent to an activating group) is 1. The van der Waals surface area contributed by atoms with Gasteiger partial charge in [-0.2, -0.15) is 0 Å². The fraction of sp³-hybridized carbons (Fsp3) is 0.231. The minimum absolute atomic E-state index is 0.0983. The predicted octanol–water partition coefficient (Wildman–Crippen LogP) is 2.04. The Kier molecular flexibility index (Phi) is 3.94. The van der Waals surface area contributed by atoms with Crippen LogP contribution in [0.4, 0.5) is 5.82 Å². The highest BCUT2D eigenvalue weighted by atomic mass is 32.1. The smallest absolute Gasteiger partial charge is 0.272 e. The van der Waals surface area contributed by atoms with Crippen LogP contribution in [0.25, 0.3) is 0 Å². The van der Waals surface area contributed by atoms with Gasteiger partial charge in [-0.15, -0.1) is 11.3 Å². The molecule has 2 rings (SSSR count). The normalized spacial score (nSPS) is 10.3. The van der Waals surface area contributed by atoms with Crippen molar-refractivity contribution in [2.75, 3.05) is 19.3 Å². The van der Waals surface area contributed by atoms with Crippen molar-refractivity contribution < 1.29 is 4.79 Å². The topological polar surface area (TPSA) is 59.2 Å². The number of nitrogen functional groups attached to an aromatic ring is 1. The molecule has 0 bridgehead atoms. The van der Waals surface area contributed by atoms with Crippen molar-refractivity contribution in [3.63, 3.8) is 0 Å². The average molecular weight is 261 g/mol. The van der Waals surface area contributed by atoms with E-state index in [0.717, 1.165) is 6.42 Å². The molecule has 0 unspecified atom stereocenters. The minimum Gasteiger partial charge on any atom is -0.384 e. The maximum absolute atomic E-state index is 12.1. The van der Waals surface area contributed by atoms with Crippen LogP contribution in [0.1, 0.15) is 15.4 Å². The van der Waals surface area contributed by atoms with Gasteiger partial charge in [-0.3, -0.25) is 4.79 Å². The molecule has 2 aromatic rings. The van der Waals surface area contributed by atoms with Gasteiger partial charge in [-0.1, -0.05) is 12.1 Å². The summed E-state index contributed by atoms with van der Waals surface area (Å²) >= 11 is 1.70. The molecule has 1 amide bonds. The van der Waals surface area contributed by atoms with E-state index in [-0.39, 0.29) is 5.91 Å². The van der Waals surface area contributed by atoms with Gasteiger partial charge in [0.1, 0.15) is 11.5 Å². The second kappa shape index (κ2) is 5.64. The van der Waals surface area contributed by atoms with Crippen LogP contribution in [0.2, 0.25) is 0 Å². The van der Waals surface area contributed by atoms with E-state index in [1.807, 2.05) is 11.4 Å². The van der Waals surface area contributed by atoms with E-state index in [1.54, 1.807) is 41.5 Å². The fourth-order valence-corrected chi connectivity index (χ4v) is 2.30. The Morgan fingerprint density at radius 2 is 2.22 bits per heavy atom. The predicted molar refractivity (Wildman–Crippen MR) is 73.6 cm³/mol. The third-order valence-electron chi connectivity index (χ3n) is 2.61. The summed E-state index contributed by atoms with van der Waals surface area (Å²) in [5.41, 5.74) is 5.96. The Balaban J connectivity index is 1.96. The number of nitrogens with two attached hydrogens (primary N) is 1. The SMILES string of the molecule is CN(CCc1cccs1)C(=O)c1cccc(N)n1. The zero-order valence-corrected chi connectivity index (χ0v) is 11.0. The summed E-state index contributed by atoms with van der Waals surface area (Å²) in [4.78, 5) is 19.0. The van der Waals surface area contributed by atoms with Crippen LogP contribution < -0.4 is 5.73 Å². The molecule has 0 saturated carbocycles. The molecule has 0 spiro atoms. The summed E-state index contributed by atoms with van der Waals surface area (Å²) < 4.78 is 0. The molecule has 5 heteroatoms. The molecule has 2 N–H and O–H groups in total. The van der Waals surface area contributed by atoms with Gasteiger partial charge >= 0.3 is 0 Å². The fourth-order valence-electron chi connectivity index (χ4n) is 1.60. The van der Waals surface area contributed by atoms with E-state index in [2.05, 4.69) is 11.1 Å². The van der Waals surface area contributed by atoms with Crippen LogP contribution in [0.3, 0.4) is 0 Å². The van der Waals surface area contributed by atoms with Gasteiger partial charge in [-0.25, -0.2) is 4.98 Å². The minimum atomic E-state index is -0.0983. The number of carbonyl (C=O) groups is 1. The molecule has 2 heterocycles. The number of thiophene rings is 1. The summed E-state index contributed by atoms with van der Waals surface area (Å²) in [7, 11) is 1.78. The highest BCUT2D eigenvalue weighted by molar-refractivity contribution is 7.09. The molecule has 0 aliphatic rings. The first-order chi connectivity index (χ1) is 8.66. The first kappa shape index (κ1) is 12.6. The molecule has 0 saturated heterocycles. The van der Waals surface area contributed by atoms with Gasteiger partial charge in [0.15, 0.2) is 0 Å². The van der Waals surface area contributed by atoms with Crippen molar-refractivity contribution in [1.82, 2.24) is 9.88 Å². The summed E-state index contributed by atoms with van der Waals surface area (Å²) in [6.07, 6.45) is 0.863. The van der Waals surface area contributed by atoms with Gasteiger partial charge in [0.05, 0.1) is 0 Å². The summed E-state index contributed by atoms with van der Waals surface area (Å²) in [5.74, 6) is 0.270. The van der Waals surface area contributed by atoms with Crippen LogP contribution in [0, 0.1) is 0 Å². The lowest BCUT2D eigenvalue weighted by Crippen LogP contribution is -2.29. The van der Waals surface area contributed by atoms with Gasteiger partial charge in [0, 0.05) is 18.5 Å². The standard InChI is InChI=1S/C13H15N3OS/c1-16(8-7-10-4-3-9-18-10)13(17)11-5-2-6-12(14)15-11/h2-6,9H,7-8H2,1H3,(H2,14,15). The Bertz CT molecular complexity index is 525. The lowest BCUT2D eigenvalue weighted by molar-refractivity contribution is 0.0791. The van der Waals surface area contributed by atoms with Crippen molar-refractivity contribution in [3.05, 3.63) is 46.3 Å². The number of carbonyl (C=O) groups excluding carboxylic acids is 1. The second-order valence-corrected chi connectivity index (χ2v) is 5.04. The zero-order chi connectivity index (χ0) is 13.0. The number of anilines is 1. The molecular weight excluding hydrogens is 246 g/mol. The van der Waals surface area contributed by atoms with E-state index in [4.69, 9.17) is 5.73 Å². The molecule has 18 heavy (non-hydrogen) atoms. The first-order valence-corrected chi connectivity index (χ1v) is 6.55. The lowest BCUT2D eigenvalue weighted by Gasteiger charge is -2.16. The van der Waals surface area contributed by atoms with Gasteiger partial charge in [-0.05, 0) is 30.0 Å². The van der Waals surface area contributed by atoms with E-state index in [0.29, 0.717) is 18.1 Å². The van der Waals surface area contributed by atoms with Crippen molar-refractivity contribution >= 4 is 23.1 Å². The monoisotopic (exact) mass is 261 g/mol. The van der Waals surface area contributed by atoms with E-state index >= 15 is 0 Å². The molecule has 0 aliphatic heterocycles. The Morgan fingerprint density at radius 1 is 1.39 bits per heavy atom. The third kappa shape index (κ3) is 3.07. The van der Waals surface area contributed by atoms with Crippen LogP contribution in [-0.4, -0.2) is 29.4 Å². The Hall–Kier alpha value is -1.88. The molecule has 0 aromatic carbocycles. The lowest BCUT2D eigenvalue weighted by atomic mass is 10.3. The molecule has 0 fully saturated rings. The van der Waals surface area contributed by atoms with E-state index in [9.17, 15) is 4.79 Å². The van der Waals surface area contributed by atoms with Crippen LogP contribution in [-0.2, 0) is 6.42 Å². The molecule has 4 nitrogen and oxygen atoms in total. The van der Waals surface area contributed by atoms with Crippen molar-refractivity contribution in [2.24, 2.45) is 0 Å². The molecule has 2 aromatic heterocycles. The summed E-state index contributed by atoms with van der Waals surface area (Å²) in [6, 6.07) is 9.18. The molecule has 0 aliphatic carbocycles.